The summed E-state index contributed by atoms with van der Waals surface area (Å²) < 4.78 is 11.2. The highest BCUT2D eigenvalue weighted by Gasteiger charge is 2.49. The first-order valence-electron chi connectivity index (χ1n) is 9.15. The van der Waals surface area contributed by atoms with Gasteiger partial charge in [0.1, 0.15) is 0 Å². The van der Waals surface area contributed by atoms with Crippen LogP contribution in [-0.2, 0) is 9.52 Å². The third kappa shape index (κ3) is 7.85. The van der Waals surface area contributed by atoms with Crippen LogP contribution in [0.3, 0.4) is 0 Å². The molecule has 0 amide bonds. The number of rotatable bonds is 0. The van der Waals surface area contributed by atoms with E-state index >= 15 is 0 Å². The summed E-state index contributed by atoms with van der Waals surface area (Å²) in [6.45, 7) is 8.73. The van der Waals surface area contributed by atoms with Crippen LogP contribution < -0.4 is 0 Å². The monoisotopic (exact) mass is 391 g/mol. The summed E-state index contributed by atoms with van der Waals surface area (Å²) in [6.07, 6.45) is 2.96. The fourth-order valence-electron chi connectivity index (χ4n) is 4.30. The Kier molecular flexibility index (Phi) is 10.4. The predicted octanol–water partition coefficient (Wildman–Crippen LogP) is 1.56. The number of likely N-dealkylation sites (tertiary alicyclic amines) is 2. The van der Waals surface area contributed by atoms with Crippen LogP contribution in [0.1, 0.15) is 34.6 Å². The minimum atomic E-state index is -1.66. The Hall–Kier alpha value is -0.140. The predicted molar refractivity (Wildman–Crippen MR) is 118 cm³/mol. The molecule has 158 valence electrons. The van der Waals surface area contributed by atoms with Gasteiger partial charge in [-0.2, -0.15) is 0 Å². The van der Waals surface area contributed by atoms with E-state index in [0.29, 0.717) is 0 Å². The molecule has 1 aliphatic carbocycles. The van der Waals surface area contributed by atoms with Gasteiger partial charge < -0.3 is 19.8 Å². The molecule has 5 nitrogen and oxygen atoms in total. The quantitative estimate of drug-likeness (QED) is 0.635. The zero-order valence-corrected chi connectivity index (χ0v) is 16.9. The van der Waals surface area contributed by atoms with Gasteiger partial charge in [-0.15, -0.1) is 0 Å². The number of nitrogens with zero attached hydrogens (tertiary/aromatic N) is 3. The maximum absolute atomic E-state index is 11.2. The van der Waals surface area contributed by atoms with E-state index < -0.39 is 9.52 Å². The Bertz CT molecular complexity index is 452. The van der Waals surface area contributed by atoms with Crippen LogP contribution in [0.4, 0.5) is 0 Å². The van der Waals surface area contributed by atoms with Crippen molar-refractivity contribution in [2.75, 3.05) is 71.9 Å². The van der Waals surface area contributed by atoms with Crippen molar-refractivity contribution in [3.05, 3.63) is 0 Å². The summed E-state index contributed by atoms with van der Waals surface area (Å²) in [6, 6.07) is 0. The van der Waals surface area contributed by atoms with E-state index in [1.54, 1.807) is 0 Å². The van der Waals surface area contributed by atoms with E-state index in [1.165, 1.54) is 25.9 Å². The van der Waals surface area contributed by atoms with Gasteiger partial charge in [-0.25, -0.2) is 0 Å². The van der Waals surface area contributed by atoms with Crippen LogP contribution in [0.15, 0.2) is 0 Å². The summed E-state index contributed by atoms with van der Waals surface area (Å²) >= 11 is 0. The standard InChI is InChI=1S/C8H15N.C6H13NOS.C4H9NO.2CH4/c1-7-3-8(4-7)5-9(2)6-8;1-7-3-5-9(2,8)6-4-7;1-5-2-4(6)3-5;;/h7H,3-6H2,1-2H3;2-6H2,1H3;4,6H,2-3H2,1H3;2*1H4. The molecule has 4 rings (SSSR count). The molecule has 0 atom stereocenters. The molecule has 0 aromatic rings. The maximum Gasteiger partial charge on any atom is 0.0793 e. The Morgan fingerprint density at radius 1 is 0.962 bits per heavy atom. The Balaban J connectivity index is 0.000000354. The van der Waals surface area contributed by atoms with Gasteiger partial charge >= 0.3 is 0 Å². The van der Waals surface area contributed by atoms with E-state index in [9.17, 15) is 4.21 Å². The van der Waals surface area contributed by atoms with Crippen LogP contribution in [0.5, 0.6) is 0 Å². The topological polar surface area (TPSA) is 47.0 Å². The van der Waals surface area contributed by atoms with Gasteiger partial charge in [0.15, 0.2) is 0 Å². The Morgan fingerprint density at radius 3 is 1.65 bits per heavy atom. The van der Waals surface area contributed by atoms with Crippen molar-refractivity contribution in [1.82, 2.24) is 14.7 Å². The van der Waals surface area contributed by atoms with Crippen molar-refractivity contribution in [3.63, 3.8) is 0 Å². The smallest absolute Gasteiger partial charge is 0.0793 e. The highest BCUT2D eigenvalue weighted by molar-refractivity contribution is 8.00. The third-order valence-corrected chi connectivity index (χ3v) is 7.36. The van der Waals surface area contributed by atoms with E-state index in [4.69, 9.17) is 5.11 Å². The van der Waals surface area contributed by atoms with Gasteiger partial charge in [0, 0.05) is 50.8 Å². The molecule has 26 heavy (non-hydrogen) atoms. The number of likely N-dealkylation sites (N-methyl/N-ethyl adjacent to an activating group) is 1. The van der Waals surface area contributed by atoms with Crippen molar-refractivity contribution in [2.24, 2.45) is 11.3 Å². The maximum atomic E-state index is 11.2. The largest absolute Gasteiger partial charge is 0.390 e. The van der Waals surface area contributed by atoms with Gasteiger partial charge in [0.05, 0.1) is 6.10 Å². The van der Waals surface area contributed by atoms with Crippen molar-refractivity contribution in [3.8, 4) is 0 Å². The van der Waals surface area contributed by atoms with E-state index in [0.717, 1.165) is 49.0 Å². The molecule has 0 bridgehead atoms. The highest BCUT2D eigenvalue weighted by atomic mass is 32.2. The fourth-order valence-corrected chi connectivity index (χ4v) is 5.79. The molecule has 4 aliphatic rings. The van der Waals surface area contributed by atoms with Gasteiger partial charge in [-0.05, 0) is 60.7 Å². The number of aliphatic hydroxyl groups is 1. The molecule has 0 aromatic heterocycles. The Morgan fingerprint density at radius 2 is 1.42 bits per heavy atom. The molecule has 0 unspecified atom stereocenters. The fraction of sp³-hybridized carbons (Fsp3) is 0.950. The van der Waals surface area contributed by atoms with Gasteiger partial charge in [-0.1, -0.05) is 21.8 Å². The second-order valence-corrected chi connectivity index (χ2v) is 11.5. The number of β-amino-alcohol motifs (C(OH)–C–C–N with tert-alkyl or cyclic N) is 1. The van der Waals surface area contributed by atoms with Gasteiger partial charge in [0.2, 0.25) is 0 Å². The molecule has 1 spiro atoms. The normalized spacial score (nSPS) is 27.7. The lowest BCUT2D eigenvalue weighted by Crippen LogP contribution is -2.60. The van der Waals surface area contributed by atoms with Crippen LogP contribution in [0.2, 0.25) is 0 Å². The zero-order chi connectivity index (χ0) is 18.0. The SMILES string of the molecule is C.C.C=S1(=O)CCN(C)CC1.CC1CC2(C1)CN(C)C2.CN1CC(O)C1. The van der Waals surface area contributed by atoms with E-state index in [1.807, 2.05) is 7.05 Å². The highest BCUT2D eigenvalue weighted by Crippen LogP contribution is 2.50. The molecule has 3 saturated heterocycles. The average molecular weight is 392 g/mol. The number of hydrogen-bond acceptors (Lipinski definition) is 5. The van der Waals surface area contributed by atoms with Gasteiger partial charge in [-0.3, -0.25) is 4.21 Å². The van der Waals surface area contributed by atoms with Crippen LogP contribution in [0.25, 0.3) is 0 Å². The van der Waals surface area contributed by atoms with E-state index in [-0.39, 0.29) is 21.0 Å². The number of hydrogen-bond donors (Lipinski definition) is 1. The summed E-state index contributed by atoms with van der Waals surface area (Å²) in [4.78, 5) is 6.69. The summed E-state index contributed by atoms with van der Waals surface area (Å²) in [5, 5.41) is 8.58. The molecular weight excluding hydrogens is 346 g/mol. The Labute approximate surface area is 163 Å². The molecular formula is C20H45N3O2S. The van der Waals surface area contributed by atoms with E-state index in [2.05, 4.69) is 41.6 Å². The number of aliphatic hydroxyl groups excluding tert-OH is 1. The third-order valence-electron chi connectivity index (χ3n) is 5.51. The molecule has 4 fully saturated rings. The van der Waals surface area contributed by atoms with Crippen LogP contribution in [-0.4, -0.2) is 108 Å². The minimum Gasteiger partial charge on any atom is -0.390 e. The molecule has 3 aliphatic heterocycles. The summed E-state index contributed by atoms with van der Waals surface area (Å²) in [7, 11) is 4.60. The van der Waals surface area contributed by atoms with Crippen molar-refractivity contribution in [1.29, 1.82) is 0 Å². The molecule has 1 saturated carbocycles. The van der Waals surface area contributed by atoms with Crippen molar-refractivity contribution < 1.29 is 9.32 Å². The first-order chi connectivity index (χ1) is 11.1. The molecule has 3 heterocycles. The van der Waals surface area contributed by atoms with Crippen LogP contribution in [0, 0.1) is 11.3 Å². The van der Waals surface area contributed by atoms with Crippen molar-refractivity contribution in [2.45, 2.75) is 40.7 Å². The molecule has 6 heteroatoms. The second-order valence-electron chi connectivity index (χ2n) is 8.74. The van der Waals surface area contributed by atoms with Crippen LogP contribution >= 0.6 is 0 Å². The molecule has 0 radical (unpaired) electrons. The second kappa shape index (κ2) is 10.4. The molecule has 1 N–H and O–H groups in total. The zero-order valence-electron chi connectivity index (χ0n) is 16.0. The molecule has 0 aromatic carbocycles. The van der Waals surface area contributed by atoms with Gasteiger partial charge in [0.25, 0.3) is 0 Å². The first kappa shape index (κ1) is 25.9. The van der Waals surface area contributed by atoms with Crippen molar-refractivity contribution >= 4 is 15.4 Å². The summed E-state index contributed by atoms with van der Waals surface area (Å²) in [5.41, 5.74) is 0.814. The lowest BCUT2D eigenvalue weighted by Gasteiger charge is -2.57. The average Bonchev–Trinajstić information content (AvgIpc) is 2.39. The lowest BCUT2D eigenvalue weighted by atomic mass is 9.58. The lowest BCUT2D eigenvalue weighted by molar-refractivity contribution is -0.0758. The summed E-state index contributed by atoms with van der Waals surface area (Å²) in [5.74, 6) is 6.25. The first-order valence-corrected chi connectivity index (χ1v) is 11.2. The minimum absolute atomic E-state index is 0.